The van der Waals surface area contributed by atoms with Gasteiger partial charge in [-0.2, -0.15) is 0 Å². The van der Waals surface area contributed by atoms with Gasteiger partial charge in [-0.1, -0.05) is 65.8 Å². The van der Waals surface area contributed by atoms with E-state index in [1.165, 1.54) is 24.3 Å². The molecule has 2 aromatic carbocycles. The number of amides is 2. The number of carbonyl (C=O) groups excluding carboxylic acids is 4. The average Bonchev–Trinajstić information content (AvgIpc) is 3.20. The molecule has 2 amide bonds. The van der Waals surface area contributed by atoms with Crippen molar-refractivity contribution >= 4 is 35.5 Å². The minimum absolute atomic E-state index is 0.00347. The molecule has 67 heavy (non-hydrogen) atoms. The zero-order valence-electron chi connectivity index (χ0n) is 40.8. The van der Waals surface area contributed by atoms with Crippen molar-refractivity contribution in [1.29, 1.82) is 0 Å². The predicted molar refractivity (Wildman–Crippen MR) is 263 cm³/mol. The van der Waals surface area contributed by atoms with Crippen LogP contribution in [0.3, 0.4) is 0 Å². The molecule has 6 unspecified atom stereocenters. The zero-order chi connectivity index (χ0) is 49.6. The highest BCUT2D eigenvalue weighted by atomic mass is 16.3. The number of phenols is 6. The van der Waals surface area contributed by atoms with Crippen molar-refractivity contribution in [3.05, 3.63) is 71.8 Å². The summed E-state index contributed by atoms with van der Waals surface area (Å²) in [7, 11) is 0. The summed E-state index contributed by atoms with van der Waals surface area (Å²) < 4.78 is 0. The molecule has 368 valence electrons. The minimum Gasteiger partial charge on any atom is -0.508 e. The average molecular weight is 929 g/mol. The number of nitrogens with zero attached hydrogens (tertiary/aromatic N) is 2. The van der Waals surface area contributed by atoms with E-state index in [0.717, 1.165) is 43.5 Å². The molecule has 0 radical (unpaired) electrons. The summed E-state index contributed by atoms with van der Waals surface area (Å²) in [4.78, 5) is 58.2. The molecule has 0 aromatic heterocycles. The Bertz CT molecular complexity index is 1960. The van der Waals surface area contributed by atoms with Crippen LogP contribution in [0.4, 0.5) is 0 Å². The van der Waals surface area contributed by atoms with Crippen LogP contribution in [-0.2, 0) is 19.2 Å². The summed E-state index contributed by atoms with van der Waals surface area (Å²) in [6, 6.07) is 3.48. The van der Waals surface area contributed by atoms with Crippen LogP contribution in [0.5, 0.6) is 34.5 Å². The maximum Gasteiger partial charge on any atom is 0.246 e. The first kappa shape index (κ1) is 54.0. The largest absolute Gasteiger partial charge is 0.508 e. The van der Waals surface area contributed by atoms with Gasteiger partial charge in [0.15, 0.2) is 0 Å². The van der Waals surface area contributed by atoms with E-state index >= 15 is 0 Å². The van der Waals surface area contributed by atoms with Crippen molar-refractivity contribution < 1.29 is 49.8 Å². The monoisotopic (exact) mass is 929 g/mol. The Morgan fingerprint density at radius 1 is 0.597 bits per heavy atom. The number of hydrogen-bond donors (Lipinski definition) is 8. The van der Waals surface area contributed by atoms with Gasteiger partial charge in [0.25, 0.3) is 0 Å². The summed E-state index contributed by atoms with van der Waals surface area (Å²) in [6.45, 7) is 19.6. The van der Waals surface area contributed by atoms with Crippen LogP contribution in [0.1, 0.15) is 111 Å². The highest BCUT2D eigenvalue weighted by Gasteiger charge is 2.41. The SMILES string of the molecule is CC1C=CCC(C)(C)C1C(=O)CC(C)N(CCCNCCCNCCCN(C(=O)/C=C/c1c(O)cc(O)cc1O)C(C)CC(=O)C1C(C)C=CCC1(C)C)C(=O)/C=C/c1c(O)cc(O)cc1O. The smallest absolute Gasteiger partial charge is 0.246 e. The van der Waals surface area contributed by atoms with Gasteiger partial charge in [0.05, 0.1) is 11.1 Å². The number of carbonyl (C=O) groups is 4. The lowest BCUT2D eigenvalue weighted by molar-refractivity contribution is -0.134. The number of aromatic hydroxyl groups is 6. The molecule has 2 aliphatic carbocycles. The molecule has 8 N–H and O–H groups in total. The second-order valence-electron chi connectivity index (χ2n) is 20.0. The molecular weight excluding hydrogens is 853 g/mol. The van der Waals surface area contributed by atoms with Crippen LogP contribution in [0.15, 0.2) is 60.7 Å². The van der Waals surface area contributed by atoms with Crippen molar-refractivity contribution in [3.63, 3.8) is 0 Å². The molecule has 4 rings (SSSR count). The van der Waals surface area contributed by atoms with Crippen LogP contribution >= 0.6 is 0 Å². The summed E-state index contributed by atoms with van der Waals surface area (Å²) >= 11 is 0. The number of hydrogen-bond acceptors (Lipinski definition) is 12. The number of nitrogens with one attached hydrogen (secondary N) is 2. The second-order valence-corrected chi connectivity index (χ2v) is 20.0. The number of ketones is 2. The summed E-state index contributed by atoms with van der Waals surface area (Å²) in [5.74, 6) is -2.86. The fourth-order valence-corrected chi connectivity index (χ4v) is 10.1. The van der Waals surface area contributed by atoms with Gasteiger partial charge in [0, 0.05) is 86.3 Å². The van der Waals surface area contributed by atoms with Gasteiger partial charge < -0.3 is 51.1 Å². The number of benzene rings is 2. The van der Waals surface area contributed by atoms with Gasteiger partial charge in [0.1, 0.15) is 46.1 Å². The Hall–Kier alpha value is -5.60. The number of Topliss-reactive ketones (excluding diaryl/α,β-unsaturated/α-hetero) is 2. The third kappa shape index (κ3) is 15.2. The maximum absolute atomic E-state index is 13.8. The van der Waals surface area contributed by atoms with E-state index in [2.05, 4.69) is 76.5 Å². The number of phenolic OH excluding ortho intramolecular Hbond substituents is 6. The predicted octanol–water partition coefficient (Wildman–Crippen LogP) is 7.83. The summed E-state index contributed by atoms with van der Waals surface area (Å²) in [5, 5.41) is 67.4. The Balaban J connectivity index is 1.29. The molecule has 0 fully saturated rings. The molecule has 2 aliphatic rings. The van der Waals surface area contributed by atoms with E-state index in [9.17, 15) is 49.8 Å². The maximum atomic E-state index is 13.8. The third-order valence-electron chi connectivity index (χ3n) is 13.5. The third-order valence-corrected chi connectivity index (χ3v) is 13.5. The first-order chi connectivity index (χ1) is 31.5. The Labute approximate surface area is 397 Å². The highest BCUT2D eigenvalue weighted by Crippen LogP contribution is 2.43. The van der Waals surface area contributed by atoms with Crippen LogP contribution in [0.2, 0.25) is 0 Å². The standard InChI is InChI=1S/C53H76N4O10/c1-34-14-9-20-52(5,6)50(34)46(64)28-36(3)56(48(66)18-16-40-42(60)30-38(58)31-43(40)61)26-12-24-54-22-11-23-55-25-13-27-57(49(67)19-17-41-44(62)32-39(59)33-45(41)63)37(4)29-47(65)51-35(2)15-10-21-53(51,7)8/h9-10,14-19,30-37,50-51,54-55,58-63H,11-13,20-29H2,1-8H3/b18-16+,19-17+. The fourth-order valence-electron chi connectivity index (χ4n) is 10.1. The Morgan fingerprint density at radius 2 is 0.925 bits per heavy atom. The Morgan fingerprint density at radius 3 is 1.25 bits per heavy atom. The topological polar surface area (TPSA) is 220 Å². The quantitative estimate of drug-likeness (QED) is 0.0287. The second kappa shape index (κ2) is 24.4. The first-order valence-corrected chi connectivity index (χ1v) is 23.8. The fraction of sp³-hybridized carbons (Fsp3) is 0.547. The minimum atomic E-state index is -0.415. The molecule has 0 saturated heterocycles. The van der Waals surface area contributed by atoms with Crippen LogP contribution in [-0.4, -0.2) is 115 Å². The van der Waals surface area contributed by atoms with Crippen LogP contribution in [0, 0.1) is 34.5 Å². The number of allylic oxidation sites excluding steroid dienone is 4. The molecule has 6 atom stereocenters. The normalized spacial score (nSPS) is 20.8. The molecule has 0 heterocycles. The van der Waals surface area contributed by atoms with E-state index < -0.39 is 12.1 Å². The van der Waals surface area contributed by atoms with Crippen LogP contribution < -0.4 is 10.6 Å². The van der Waals surface area contributed by atoms with Gasteiger partial charge in [-0.25, -0.2) is 0 Å². The van der Waals surface area contributed by atoms with E-state index in [4.69, 9.17) is 0 Å². The van der Waals surface area contributed by atoms with Crippen LogP contribution in [0.25, 0.3) is 12.2 Å². The van der Waals surface area contributed by atoms with E-state index in [-0.39, 0.29) is 116 Å². The highest BCUT2D eigenvalue weighted by molar-refractivity contribution is 5.94. The van der Waals surface area contributed by atoms with E-state index in [1.54, 1.807) is 9.80 Å². The molecule has 0 saturated carbocycles. The van der Waals surface area contributed by atoms with Crippen molar-refractivity contribution in [2.75, 3.05) is 39.3 Å². The van der Waals surface area contributed by atoms with Gasteiger partial charge in [0.2, 0.25) is 11.8 Å². The van der Waals surface area contributed by atoms with Crippen molar-refractivity contribution in [2.24, 2.45) is 34.5 Å². The van der Waals surface area contributed by atoms with Crippen molar-refractivity contribution in [3.8, 4) is 34.5 Å². The number of rotatable bonds is 24. The molecular formula is C53H76N4O10. The van der Waals surface area contributed by atoms with Crippen molar-refractivity contribution in [1.82, 2.24) is 20.4 Å². The van der Waals surface area contributed by atoms with Gasteiger partial charge in [-0.15, -0.1) is 0 Å². The van der Waals surface area contributed by atoms with Gasteiger partial charge >= 0.3 is 0 Å². The lowest BCUT2D eigenvalue weighted by atomic mass is 9.64. The molecule has 0 spiro atoms. The molecule has 14 heteroatoms. The lowest BCUT2D eigenvalue weighted by Gasteiger charge is -2.40. The van der Waals surface area contributed by atoms with E-state index in [0.29, 0.717) is 52.1 Å². The lowest BCUT2D eigenvalue weighted by Crippen LogP contribution is -2.44. The molecule has 0 aliphatic heterocycles. The molecule has 14 nitrogen and oxygen atoms in total. The first-order valence-electron chi connectivity index (χ1n) is 23.8. The van der Waals surface area contributed by atoms with Gasteiger partial charge in [-0.3, -0.25) is 19.2 Å². The Kier molecular flexibility index (Phi) is 19.7. The van der Waals surface area contributed by atoms with Gasteiger partial charge in [-0.05, 0) is 107 Å². The summed E-state index contributed by atoms with van der Waals surface area (Å²) in [6.07, 6.45) is 17.6. The molecule has 0 bridgehead atoms. The zero-order valence-corrected chi connectivity index (χ0v) is 40.8. The summed E-state index contributed by atoms with van der Waals surface area (Å²) in [5.41, 5.74) is -0.421. The van der Waals surface area contributed by atoms with Crippen molar-refractivity contribution in [2.45, 2.75) is 112 Å². The molecule has 2 aromatic rings. The van der Waals surface area contributed by atoms with E-state index in [1.807, 2.05) is 13.8 Å².